The molecule has 3 amide bonds. The summed E-state index contributed by atoms with van der Waals surface area (Å²) in [5.41, 5.74) is 0.641. The van der Waals surface area contributed by atoms with Gasteiger partial charge in [0.15, 0.2) is 9.84 Å². The summed E-state index contributed by atoms with van der Waals surface area (Å²) < 4.78 is 51.6. The van der Waals surface area contributed by atoms with Crippen LogP contribution in [-0.2, 0) is 31.2 Å². The van der Waals surface area contributed by atoms with Crippen LogP contribution in [0.5, 0.6) is 0 Å². The molecule has 2 saturated heterocycles. The van der Waals surface area contributed by atoms with Crippen LogP contribution in [0.15, 0.2) is 59.5 Å². The summed E-state index contributed by atoms with van der Waals surface area (Å²) in [6, 6.07) is 15.0. The monoisotopic (exact) mass is 610 g/mol. The Morgan fingerprint density at radius 3 is 2.17 bits per heavy atom. The van der Waals surface area contributed by atoms with E-state index in [0.717, 1.165) is 11.8 Å². The van der Waals surface area contributed by atoms with Crippen molar-refractivity contribution >= 4 is 44.2 Å². The third kappa shape index (κ3) is 6.68. The molecule has 0 unspecified atom stereocenters. The molecular formula is C27H35ClN4O6S2. The van der Waals surface area contributed by atoms with Crippen LogP contribution in [0.2, 0.25) is 0 Å². The summed E-state index contributed by atoms with van der Waals surface area (Å²) in [6.45, 7) is 1.92. The number of urea groups is 1. The van der Waals surface area contributed by atoms with Crippen LogP contribution < -0.4 is 10.0 Å². The van der Waals surface area contributed by atoms with Gasteiger partial charge in [0.25, 0.3) is 5.91 Å². The summed E-state index contributed by atoms with van der Waals surface area (Å²) in [7, 11) is -6.69. The smallest absolute Gasteiger partial charge is 0.323 e. The Balaban J connectivity index is 0.00000370. The topological polar surface area (TPSA) is 133 Å². The molecular weight excluding hydrogens is 576 g/mol. The number of carbonyl (C=O) groups excluding carboxylic acids is 2. The Kier molecular flexibility index (Phi) is 8.96. The second-order valence-corrected chi connectivity index (χ2v) is 14.8. The molecule has 1 saturated carbocycles. The standard InChI is InChI=1S/C27H34N4O6S2.ClH/c1-38(34,35)22-9-7-20(8-10-22)19-31-25(32)27(28-26(31)33)14-17-30(18-15-27)16-13-24(21-5-3-2-4-6-21)29-39(36,37)23-11-12-23;/h2-10,23-24,29H,11-19H2,1H3,(H,28,33);1H/t24-;/m0./s1. The van der Waals surface area contributed by atoms with Crippen LogP contribution in [0.3, 0.4) is 0 Å². The van der Waals surface area contributed by atoms with E-state index in [-0.39, 0.29) is 41.0 Å². The number of amides is 3. The number of likely N-dealkylation sites (tertiary alicyclic amines) is 1. The summed E-state index contributed by atoms with van der Waals surface area (Å²) in [5.74, 6) is -0.265. The maximum atomic E-state index is 13.4. The van der Waals surface area contributed by atoms with Gasteiger partial charge in [-0.25, -0.2) is 26.4 Å². The summed E-state index contributed by atoms with van der Waals surface area (Å²) in [4.78, 5) is 29.7. The summed E-state index contributed by atoms with van der Waals surface area (Å²) in [5, 5.41) is 2.61. The lowest BCUT2D eigenvalue weighted by atomic mass is 9.87. The van der Waals surface area contributed by atoms with Crippen molar-refractivity contribution < 1.29 is 26.4 Å². The SMILES string of the molecule is CS(=O)(=O)c1ccc(CN2C(=O)NC3(CCN(CC[C@H](NS(=O)(=O)C4CC4)c4ccccc4)CC3)C2=O)cc1.Cl. The molecule has 13 heteroatoms. The van der Waals surface area contributed by atoms with Gasteiger partial charge in [0.05, 0.1) is 16.7 Å². The number of imide groups is 1. The van der Waals surface area contributed by atoms with E-state index in [9.17, 15) is 26.4 Å². The minimum atomic E-state index is -3.36. The molecule has 3 aliphatic rings. The van der Waals surface area contributed by atoms with Crippen LogP contribution in [0, 0.1) is 0 Å². The van der Waals surface area contributed by atoms with E-state index in [1.807, 2.05) is 30.3 Å². The lowest BCUT2D eigenvalue weighted by Crippen LogP contribution is -2.55. The predicted molar refractivity (Wildman–Crippen MR) is 153 cm³/mol. The van der Waals surface area contributed by atoms with E-state index in [2.05, 4.69) is 14.9 Å². The average molecular weight is 611 g/mol. The maximum absolute atomic E-state index is 13.4. The van der Waals surface area contributed by atoms with E-state index in [1.54, 1.807) is 12.1 Å². The first-order chi connectivity index (χ1) is 18.5. The van der Waals surface area contributed by atoms with Gasteiger partial charge in [-0.05, 0) is 61.9 Å². The van der Waals surface area contributed by atoms with Gasteiger partial charge in [0, 0.05) is 25.4 Å². The van der Waals surface area contributed by atoms with Crippen molar-refractivity contribution in [3.8, 4) is 0 Å². The molecule has 5 rings (SSSR count). The molecule has 0 radical (unpaired) electrons. The molecule has 40 heavy (non-hydrogen) atoms. The third-order valence-electron chi connectivity index (χ3n) is 7.85. The third-order valence-corrected chi connectivity index (χ3v) is 10.9. The van der Waals surface area contributed by atoms with Gasteiger partial charge in [-0.2, -0.15) is 0 Å². The van der Waals surface area contributed by atoms with Crippen molar-refractivity contribution in [1.82, 2.24) is 19.8 Å². The molecule has 1 atom stereocenters. The van der Waals surface area contributed by atoms with E-state index in [1.165, 1.54) is 17.0 Å². The minimum Gasteiger partial charge on any atom is -0.323 e. The first-order valence-electron chi connectivity index (χ1n) is 13.2. The van der Waals surface area contributed by atoms with Gasteiger partial charge in [-0.1, -0.05) is 42.5 Å². The van der Waals surface area contributed by atoms with E-state index >= 15 is 0 Å². The van der Waals surface area contributed by atoms with E-state index in [4.69, 9.17) is 0 Å². The molecule has 3 fully saturated rings. The first-order valence-corrected chi connectivity index (χ1v) is 16.6. The molecule has 2 aliphatic heterocycles. The number of sulfone groups is 1. The lowest BCUT2D eigenvalue weighted by molar-refractivity contribution is -0.133. The van der Waals surface area contributed by atoms with Crippen molar-refractivity contribution in [2.45, 2.75) is 60.4 Å². The highest BCUT2D eigenvalue weighted by atomic mass is 35.5. The minimum absolute atomic E-state index is 0. The Morgan fingerprint density at radius 2 is 1.60 bits per heavy atom. The molecule has 2 heterocycles. The number of carbonyl (C=O) groups is 2. The molecule has 10 nitrogen and oxygen atoms in total. The largest absolute Gasteiger partial charge is 0.325 e. The summed E-state index contributed by atoms with van der Waals surface area (Å²) >= 11 is 0. The number of hydrogen-bond acceptors (Lipinski definition) is 7. The van der Waals surface area contributed by atoms with Crippen molar-refractivity contribution in [2.24, 2.45) is 0 Å². The number of hydrogen-bond donors (Lipinski definition) is 2. The Bertz CT molecular complexity index is 1440. The number of sulfonamides is 1. The van der Waals surface area contributed by atoms with Crippen molar-refractivity contribution in [3.63, 3.8) is 0 Å². The van der Waals surface area contributed by atoms with Gasteiger partial charge in [-0.15, -0.1) is 12.4 Å². The van der Waals surface area contributed by atoms with Crippen LogP contribution in [0.1, 0.15) is 49.3 Å². The van der Waals surface area contributed by atoms with Crippen LogP contribution in [-0.4, -0.2) is 75.3 Å². The zero-order chi connectivity index (χ0) is 27.8. The molecule has 2 aromatic carbocycles. The fourth-order valence-corrected chi connectivity index (χ4v) is 7.54. The van der Waals surface area contributed by atoms with Crippen molar-refractivity contribution in [2.75, 3.05) is 25.9 Å². The number of halogens is 1. The number of nitrogens with zero attached hydrogens (tertiary/aromatic N) is 2. The van der Waals surface area contributed by atoms with Crippen molar-refractivity contribution in [1.29, 1.82) is 0 Å². The van der Waals surface area contributed by atoms with Gasteiger partial charge >= 0.3 is 6.03 Å². The highest BCUT2D eigenvalue weighted by Crippen LogP contribution is 2.32. The Hall–Kier alpha value is -2.51. The van der Waals surface area contributed by atoms with Gasteiger partial charge < -0.3 is 10.2 Å². The maximum Gasteiger partial charge on any atom is 0.325 e. The quantitative estimate of drug-likeness (QED) is 0.395. The highest BCUT2D eigenvalue weighted by Gasteiger charge is 2.52. The molecule has 1 spiro atoms. The number of rotatable bonds is 10. The molecule has 218 valence electrons. The van der Waals surface area contributed by atoms with E-state index in [0.29, 0.717) is 57.3 Å². The van der Waals surface area contributed by atoms with E-state index < -0.39 is 31.4 Å². The first kappa shape index (κ1) is 30.4. The van der Waals surface area contributed by atoms with Crippen LogP contribution in [0.4, 0.5) is 4.79 Å². The second kappa shape index (κ2) is 11.8. The summed E-state index contributed by atoms with van der Waals surface area (Å²) in [6.07, 6.45) is 4.06. The Labute approximate surface area is 241 Å². The van der Waals surface area contributed by atoms with Crippen LogP contribution >= 0.6 is 12.4 Å². The molecule has 2 aromatic rings. The normalized spacial score (nSPS) is 20.3. The lowest BCUT2D eigenvalue weighted by Gasteiger charge is -2.37. The molecule has 1 aliphatic carbocycles. The molecule has 0 bridgehead atoms. The zero-order valence-electron chi connectivity index (χ0n) is 22.3. The molecule has 2 N–H and O–H groups in total. The fourth-order valence-electron chi connectivity index (χ4n) is 5.31. The average Bonchev–Trinajstić information content (AvgIpc) is 3.74. The van der Waals surface area contributed by atoms with Gasteiger partial charge in [0.2, 0.25) is 10.0 Å². The van der Waals surface area contributed by atoms with Crippen molar-refractivity contribution in [3.05, 3.63) is 65.7 Å². The molecule has 0 aromatic heterocycles. The number of benzene rings is 2. The number of piperidine rings is 1. The Morgan fingerprint density at radius 1 is 0.975 bits per heavy atom. The van der Waals surface area contributed by atoms with Gasteiger partial charge in [0.1, 0.15) is 5.54 Å². The number of nitrogens with one attached hydrogen (secondary N) is 2. The zero-order valence-corrected chi connectivity index (χ0v) is 24.7. The highest BCUT2D eigenvalue weighted by molar-refractivity contribution is 7.90. The van der Waals surface area contributed by atoms with Gasteiger partial charge in [-0.3, -0.25) is 9.69 Å². The van der Waals surface area contributed by atoms with Crippen LogP contribution in [0.25, 0.3) is 0 Å². The second-order valence-electron chi connectivity index (χ2n) is 10.8. The fraction of sp³-hybridized carbons (Fsp3) is 0.481. The predicted octanol–water partition coefficient (Wildman–Crippen LogP) is 2.61.